The zero-order chi connectivity index (χ0) is 26.2. The quantitative estimate of drug-likeness (QED) is 0.145. The molecule has 0 saturated heterocycles. The number of rotatable bonds is 15. The molecule has 0 fully saturated rings. The number of hydrogen-bond acceptors (Lipinski definition) is 6. The zero-order valence-corrected chi connectivity index (χ0v) is 23.7. The summed E-state index contributed by atoms with van der Waals surface area (Å²) in [7, 11) is 3.18. The largest absolute Gasteiger partial charge is 0.496 e. The second-order valence-corrected chi connectivity index (χ2v) is 9.81. The number of carbonyl (C=O) groups excluding carboxylic acids is 2. The fraction of sp³-hybridized carbons (Fsp3) is 0.385. The molecule has 0 saturated carbocycles. The summed E-state index contributed by atoms with van der Waals surface area (Å²) in [5.74, 6) is 1.14. The summed E-state index contributed by atoms with van der Waals surface area (Å²) in [4.78, 5) is 23.9. The van der Waals surface area contributed by atoms with E-state index in [1.807, 2.05) is 36.4 Å². The molecule has 8 nitrogen and oxygen atoms in total. The number of methoxy groups -OCH3 is 2. The van der Waals surface area contributed by atoms with Crippen molar-refractivity contribution in [3.8, 4) is 11.5 Å². The third-order valence-electron chi connectivity index (χ3n) is 5.23. The Bertz CT molecular complexity index is 977. The first-order chi connectivity index (χ1) is 17.4. The maximum atomic E-state index is 12.0. The lowest BCUT2D eigenvalue weighted by Crippen LogP contribution is -2.17. The molecule has 2 aromatic rings. The van der Waals surface area contributed by atoms with E-state index in [4.69, 9.17) is 9.47 Å². The predicted molar refractivity (Wildman–Crippen MR) is 150 cm³/mol. The highest BCUT2D eigenvalue weighted by atomic mass is 79.9. The monoisotopic (exact) mass is 622 g/mol. The van der Waals surface area contributed by atoms with Gasteiger partial charge in [-0.15, -0.1) is 0 Å². The first-order valence-corrected chi connectivity index (χ1v) is 13.3. The SMILES string of the molecule is COc1ccc(Br)cc1/C=N\NC(=O)CCCCCCCCC(=O)N/N=C\c1cc(Br)ccc1OC. The number of nitrogens with zero attached hydrogens (tertiary/aromatic N) is 2. The highest BCUT2D eigenvalue weighted by Gasteiger charge is 2.04. The Labute approximate surface area is 229 Å². The average Bonchev–Trinajstić information content (AvgIpc) is 2.86. The summed E-state index contributed by atoms with van der Waals surface area (Å²) < 4.78 is 12.4. The number of halogens is 2. The van der Waals surface area contributed by atoms with E-state index >= 15 is 0 Å². The van der Waals surface area contributed by atoms with Crippen LogP contribution in [0.3, 0.4) is 0 Å². The van der Waals surface area contributed by atoms with Crippen molar-refractivity contribution in [1.29, 1.82) is 0 Å². The maximum absolute atomic E-state index is 12.0. The average molecular weight is 624 g/mol. The molecule has 2 N–H and O–H groups in total. The lowest BCUT2D eigenvalue weighted by Gasteiger charge is -2.05. The predicted octanol–water partition coefficient (Wildman–Crippen LogP) is 5.95. The van der Waals surface area contributed by atoms with Crippen LogP contribution in [0, 0.1) is 0 Å². The van der Waals surface area contributed by atoms with Gasteiger partial charge in [-0.1, -0.05) is 57.5 Å². The number of ether oxygens (including phenoxy) is 2. The van der Waals surface area contributed by atoms with Gasteiger partial charge in [0.2, 0.25) is 11.8 Å². The minimum Gasteiger partial charge on any atom is -0.496 e. The Morgan fingerprint density at radius 1 is 0.722 bits per heavy atom. The fourth-order valence-corrected chi connectivity index (χ4v) is 4.11. The summed E-state index contributed by atoms with van der Waals surface area (Å²) in [6, 6.07) is 11.2. The first-order valence-electron chi connectivity index (χ1n) is 11.7. The molecule has 10 heteroatoms. The Morgan fingerprint density at radius 3 is 1.50 bits per heavy atom. The Balaban J connectivity index is 1.52. The Hall–Kier alpha value is -2.72. The van der Waals surface area contributed by atoms with Gasteiger partial charge in [-0.05, 0) is 49.2 Å². The normalized spacial score (nSPS) is 11.1. The van der Waals surface area contributed by atoms with Crippen molar-refractivity contribution in [2.24, 2.45) is 10.2 Å². The number of unbranched alkanes of at least 4 members (excludes halogenated alkanes) is 5. The molecule has 0 aliphatic heterocycles. The number of amides is 2. The van der Waals surface area contributed by atoms with Crippen LogP contribution in [0.1, 0.15) is 62.5 Å². The lowest BCUT2D eigenvalue weighted by atomic mass is 10.1. The van der Waals surface area contributed by atoms with Crippen molar-refractivity contribution in [2.45, 2.75) is 51.4 Å². The van der Waals surface area contributed by atoms with Crippen molar-refractivity contribution in [1.82, 2.24) is 10.9 Å². The summed E-state index contributed by atoms with van der Waals surface area (Å²) in [5.41, 5.74) is 6.66. The van der Waals surface area contributed by atoms with Crippen LogP contribution in [0.15, 0.2) is 55.5 Å². The van der Waals surface area contributed by atoms with Gasteiger partial charge in [0.15, 0.2) is 0 Å². The van der Waals surface area contributed by atoms with E-state index in [1.165, 1.54) is 0 Å². The molecule has 0 spiro atoms. The van der Waals surface area contributed by atoms with E-state index in [0.717, 1.165) is 58.6 Å². The summed E-state index contributed by atoms with van der Waals surface area (Å²) in [6.07, 6.45) is 9.56. The van der Waals surface area contributed by atoms with Crippen molar-refractivity contribution in [3.05, 3.63) is 56.5 Å². The van der Waals surface area contributed by atoms with Crippen molar-refractivity contribution < 1.29 is 19.1 Å². The number of carbonyl (C=O) groups is 2. The van der Waals surface area contributed by atoms with Gasteiger partial charge in [-0.3, -0.25) is 9.59 Å². The third kappa shape index (κ3) is 11.3. The molecular weight excluding hydrogens is 592 g/mol. The number of benzene rings is 2. The smallest absolute Gasteiger partial charge is 0.240 e. The van der Waals surface area contributed by atoms with Crippen LogP contribution in [-0.4, -0.2) is 38.5 Å². The Kier molecular flexibility index (Phi) is 13.8. The van der Waals surface area contributed by atoms with Crippen LogP contribution in [-0.2, 0) is 9.59 Å². The molecule has 0 atom stereocenters. The van der Waals surface area contributed by atoms with Gasteiger partial charge >= 0.3 is 0 Å². The topological polar surface area (TPSA) is 101 Å². The first kappa shape index (κ1) is 29.5. The van der Waals surface area contributed by atoms with Crippen LogP contribution in [0.4, 0.5) is 0 Å². The van der Waals surface area contributed by atoms with Crippen LogP contribution in [0.25, 0.3) is 0 Å². The van der Waals surface area contributed by atoms with E-state index in [2.05, 4.69) is 52.9 Å². The van der Waals surface area contributed by atoms with Gasteiger partial charge in [0.1, 0.15) is 11.5 Å². The van der Waals surface area contributed by atoms with Crippen LogP contribution in [0.5, 0.6) is 11.5 Å². The standard InChI is InChI=1S/C26H32Br2N4O4/c1-35-23-13-11-21(27)15-19(23)17-29-31-25(33)9-7-5-3-4-6-8-10-26(34)32-30-18-20-16-22(28)12-14-24(20)36-2/h11-18H,3-10H2,1-2H3,(H,31,33)(H,32,34)/b29-17-,30-18-. The molecule has 194 valence electrons. The van der Waals surface area contributed by atoms with Gasteiger partial charge in [-0.25, -0.2) is 10.9 Å². The molecule has 36 heavy (non-hydrogen) atoms. The summed E-state index contributed by atoms with van der Waals surface area (Å²) >= 11 is 6.81. The number of nitrogens with one attached hydrogen (secondary N) is 2. The molecule has 0 aromatic heterocycles. The van der Waals surface area contributed by atoms with Gasteiger partial charge in [0, 0.05) is 32.9 Å². The highest BCUT2D eigenvalue weighted by Crippen LogP contribution is 2.22. The molecule has 2 rings (SSSR count). The lowest BCUT2D eigenvalue weighted by molar-refractivity contribution is -0.122. The molecule has 0 aliphatic carbocycles. The maximum Gasteiger partial charge on any atom is 0.240 e. The molecular formula is C26H32Br2N4O4. The van der Waals surface area contributed by atoms with Gasteiger partial charge < -0.3 is 9.47 Å². The van der Waals surface area contributed by atoms with Crippen molar-refractivity contribution >= 4 is 56.1 Å². The van der Waals surface area contributed by atoms with Crippen molar-refractivity contribution in [2.75, 3.05) is 14.2 Å². The molecule has 0 radical (unpaired) electrons. The highest BCUT2D eigenvalue weighted by molar-refractivity contribution is 9.10. The van der Waals surface area contributed by atoms with Gasteiger partial charge in [0.05, 0.1) is 26.6 Å². The van der Waals surface area contributed by atoms with E-state index in [-0.39, 0.29) is 11.8 Å². The molecule has 2 aromatic carbocycles. The number of hydrogen-bond donors (Lipinski definition) is 2. The minimum atomic E-state index is -0.113. The third-order valence-corrected chi connectivity index (χ3v) is 6.21. The van der Waals surface area contributed by atoms with Crippen LogP contribution in [0.2, 0.25) is 0 Å². The van der Waals surface area contributed by atoms with E-state index in [1.54, 1.807) is 26.6 Å². The van der Waals surface area contributed by atoms with E-state index in [9.17, 15) is 9.59 Å². The van der Waals surface area contributed by atoms with Gasteiger partial charge in [-0.2, -0.15) is 10.2 Å². The van der Waals surface area contributed by atoms with Gasteiger partial charge in [0.25, 0.3) is 0 Å². The molecule has 2 amide bonds. The van der Waals surface area contributed by atoms with E-state index < -0.39 is 0 Å². The molecule has 0 unspecified atom stereocenters. The van der Waals surface area contributed by atoms with E-state index in [0.29, 0.717) is 24.3 Å². The minimum absolute atomic E-state index is 0.113. The molecule has 0 bridgehead atoms. The van der Waals surface area contributed by atoms with Crippen LogP contribution >= 0.6 is 31.9 Å². The second kappa shape index (κ2) is 16.9. The molecule has 0 heterocycles. The van der Waals surface area contributed by atoms with Crippen LogP contribution < -0.4 is 20.3 Å². The Morgan fingerprint density at radius 2 is 1.11 bits per heavy atom. The molecule has 0 aliphatic rings. The van der Waals surface area contributed by atoms with Crippen molar-refractivity contribution in [3.63, 3.8) is 0 Å². The number of hydrazone groups is 2. The fourth-order valence-electron chi connectivity index (χ4n) is 3.35. The zero-order valence-electron chi connectivity index (χ0n) is 20.6. The second-order valence-electron chi connectivity index (χ2n) is 7.98. The summed E-state index contributed by atoms with van der Waals surface area (Å²) in [6.45, 7) is 0. The summed E-state index contributed by atoms with van der Waals surface area (Å²) in [5, 5.41) is 8.03.